The minimum Gasteiger partial charge on any atom is -0.301 e. The number of para-hydroxylation sites is 1. The van der Waals surface area contributed by atoms with Gasteiger partial charge in [0.1, 0.15) is 0 Å². The van der Waals surface area contributed by atoms with Gasteiger partial charge in [-0.25, -0.2) is 0 Å². The smallest absolute Gasteiger partial charge is 0.0682 e. The van der Waals surface area contributed by atoms with Gasteiger partial charge >= 0.3 is 0 Å². The Kier molecular flexibility index (Phi) is 4.62. The largest absolute Gasteiger partial charge is 0.301 e. The maximum Gasteiger partial charge on any atom is 0.0682 e. The normalized spacial score (nSPS) is 23.2. The van der Waals surface area contributed by atoms with Gasteiger partial charge < -0.3 is 4.90 Å². The van der Waals surface area contributed by atoms with E-state index in [2.05, 4.69) is 43.8 Å². The van der Waals surface area contributed by atoms with Crippen LogP contribution in [-0.2, 0) is 6.54 Å². The third-order valence-corrected chi connectivity index (χ3v) is 5.57. The minimum absolute atomic E-state index is 0.840. The molecule has 2 fully saturated rings. The molecule has 0 bridgehead atoms. The molecular weight excluding hydrogens is 284 g/mol. The predicted molar refractivity (Wildman–Crippen MR) is 94.6 cm³/mol. The molecule has 3 heterocycles. The molecule has 1 atom stereocenters. The first-order valence-corrected chi connectivity index (χ1v) is 9.27. The van der Waals surface area contributed by atoms with Crippen molar-refractivity contribution in [3.63, 3.8) is 0 Å². The van der Waals surface area contributed by atoms with E-state index in [1.54, 1.807) is 0 Å². The summed E-state index contributed by atoms with van der Waals surface area (Å²) in [4.78, 5) is 5.41. The fourth-order valence-electron chi connectivity index (χ4n) is 4.22. The monoisotopic (exact) mass is 312 g/mol. The average Bonchev–Trinajstić information content (AvgIpc) is 3.02. The van der Waals surface area contributed by atoms with Crippen LogP contribution in [0.1, 0.15) is 32.1 Å². The van der Waals surface area contributed by atoms with E-state index >= 15 is 0 Å². The maximum absolute atomic E-state index is 4.53. The molecule has 0 aliphatic carbocycles. The lowest BCUT2D eigenvalue weighted by Crippen LogP contribution is -2.54. The summed E-state index contributed by atoms with van der Waals surface area (Å²) in [6.07, 6.45) is 8.74. The molecule has 1 aromatic heterocycles. The summed E-state index contributed by atoms with van der Waals surface area (Å²) in [5.74, 6) is 0. The number of hydrogen-bond donors (Lipinski definition) is 0. The van der Waals surface area contributed by atoms with Crippen molar-refractivity contribution in [2.45, 2.75) is 44.7 Å². The van der Waals surface area contributed by atoms with Crippen LogP contribution in [0.5, 0.6) is 0 Å². The van der Waals surface area contributed by atoms with Crippen LogP contribution >= 0.6 is 0 Å². The third-order valence-electron chi connectivity index (χ3n) is 5.57. The summed E-state index contributed by atoms with van der Waals surface area (Å²) in [6.45, 7) is 7.48. The van der Waals surface area contributed by atoms with E-state index in [9.17, 15) is 0 Å². The molecule has 2 aliphatic heterocycles. The number of rotatable bonds is 5. The first-order chi connectivity index (χ1) is 11.4. The number of piperidine rings is 1. The molecule has 0 amide bonds. The lowest BCUT2D eigenvalue weighted by atomic mass is 9.99. The molecule has 0 spiro atoms. The van der Waals surface area contributed by atoms with Crippen molar-refractivity contribution in [1.82, 2.24) is 19.6 Å². The van der Waals surface area contributed by atoms with Crippen LogP contribution in [0.15, 0.2) is 30.5 Å². The van der Waals surface area contributed by atoms with Crippen LogP contribution in [0.2, 0.25) is 0 Å². The van der Waals surface area contributed by atoms with E-state index in [0.717, 1.165) is 12.6 Å². The molecule has 2 aliphatic rings. The van der Waals surface area contributed by atoms with Gasteiger partial charge in [-0.15, -0.1) is 0 Å². The third kappa shape index (κ3) is 3.43. The molecule has 2 saturated heterocycles. The van der Waals surface area contributed by atoms with Gasteiger partial charge in [-0.3, -0.25) is 9.58 Å². The highest BCUT2D eigenvalue weighted by Gasteiger charge is 2.28. The molecule has 4 nitrogen and oxygen atoms in total. The fourth-order valence-corrected chi connectivity index (χ4v) is 4.22. The van der Waals surface area contributed by atoms with Gasteiger partial charge in [0.15, 0.2) is 0 Å². The maximum atomic E-state index is 4.53. The Labute approximate surface area is 139 Å². The van der Waals surface area contributed by atoms with Gasteiger partial charge in [-0.2, -0.15) is 5.10 Å². The molecule has 4 rings (SSSR count). The van der Waals surface area contributed by atoms with Crippen LogP contribution in [0.3, 0.4) is 0 Å². The van der Waals surface area contributed by atoms with E-state index in [1.807, 2.05) is 6.20 Å². The lowest BCUT2D eigenvalue weighted by molar-refractivity contribution is 0.0485. The number of benzene rings is 1. The number of hydrogen-bond acceptors (Lipinski definition) is 3. The Morgan fingerprint density at radius 3 is 2.91 bits per heavy atom. The lowest BCUT2D eigenvalue weighted by Gasteiger charge is -2.44. The van der Waals surface area contributed by atoms with Gasteiger partial charge in [0.2, 0.25) is 0 Å². The van der Waals surface area contributed by atoms with E-state index in [4.69, 9.17) is 0 Å². The van der Waals surface area contributed by atoms with E-state index in [-0.39, 0.29) is 0 Å². The van der Waals surface area contributed by atoms with Crippen molar-refractivity contribution in [2.75, 3.05) is 32.7 Å². The molecule has 0 N–H and O–H groups in total. The van der Waals surface area contributed by atoms with Crippen molar-refractivity contribution in [3.05, 3.63) is 30.5 Å². The quantitative estimate of drug-likeness (QED) is 0.793. The zero-order chi connectivity index (χ0) is 15.5. The number of fused-ring (bicyclic) bond motifs is 2. The average molecular weight is 312 g/mol. The molecule has 0 saturated carbocycles. The Morgan fingerprint density at radius 1 is 1.00 bits per heavy atom. The minimum atomic E-state index is 0.840. The number of nitrogens with zero attached hydrogens (tertiary/aromatic N) is 4. The molecule has 124 valence electrons. The molecule has 2 aromatic rings. The van der Waals surface area contributed by atoms with Crippen molar-refractivity contribution in [2.24, 2.45) is 0 Å². The highest BCUT2D eigenvalue weighted by molar-refractivity contribution is 5.78. The summed E-state index contributed by atoms with van der Waals surface area (Å²) in [5.41, 5.74) is 1.27. The van der Waals surface area contributed by atoms with Crippen LogP contribution in [0.4, 0.5) is 0 Å². The Balaban J connectivity index is 1.23. The van der Waals surface area contributed by atoms with Gasteiger partial charge in [0.25, 0.3) is 0 Å². The van der Waals surface area contributed by atoms with Crippen molar-refractivity contribution in [1.29, 1.82) is 0 Å². The predicted octanol–water partition coefficient (Wildman–Crippen LogP) is 2.99. The molecule has 1 unspecified atom stereocenters. The Hall–Kier alpha value is -1.39. The first kappa shape index (κ1) is 15.2. The SMILES string of the molecule is c1ccc2c(c1)cnn2CCCCN1CCN2CCCCC2C1. The second kappa shape index (κ2) is 7.02. The van der Waals surface area contributed by atoms with E-state index in [1.165, 1.54) is 75.7 Å². The number of aryl methyl sites for hydroxylation is 1. The number of piperazine rings is 1. The van der Waals surface area contributed by atoms with Gasteiger partial charge in [-0.05, 0) is 44.8 Å². The summed E-state index contributed by atoms with van der Waals surface area (Å²) < 4.78 is 2.16. The fraction of sp³-hybridized carbons (Fsp3) is 0.632. The zero-order valence-corrected chi connectivity index (χ0v) is 14.0. The molecule has 0 radical (unpaired) electrons. The number of aromatic nitrogens is 2. The van der Waals surface area contributed by atoms with E-state index < -0.39 is 0 Å². The molecule has 4 heteroatoms. The highest BCUT2D eigenvalue weighted by atomic mass is 15.3. The topological polar surface area (TPSA) is 24.3 Å². The van der Waals surface area contributed by atoms with Crippen molar-refractivity contribution < 1.29 is 0 Å². The summed E-state index contributed by atoms with van der Waals surface area (Å²) in [7, 11) is 0. The van der Waals surface area contributed by atoms with Crippen molar-refractivity contribution in [3.8, 4) is 0 Å². The van der Waals surface area contributed by atoms with Crippen LogP contribution in [0.25, 0.3) is 10.9 Å². The molecular formula is C19H28N4. The van der Waals surface area contributed by atoms with E-state index in [0.29, 0.717) is 0 Å². The molecule has 1 aromatic carbocycles. The van der Waals surface area contributed by atoms with Gasteiger partial charge in [-0.1, -0.05) is 24.6 Å². The Morgan fingerprint density at radius 2 is 1.91 bits per heavy atom. The van der Waals surface area contributed by atoms with Crippen LogP contribution in [0, 0.1) is 0 Å². The first-order valence-electron chi connectivity index (χ1n) is 9.27. The Bertz CT molecular complexity index is 635. The second-order valence-electron chi connectivity index (χ2n) is 7.12. The summed E-state index contributed by atoms with van der Waals surface area (Å²) in [6, 6.07) is 9.34. The summed E-state index contributed by atoms with van der Waals surface area (Å²) >= 11 is 0. The number of unbranched alkanes of at least 4 members (excludes halogenated alkanes) is 1. The zero-order valence-electron chi connectivity index (χ0n) is 14.0. The summed E-state index contributed by atoms with van der Waals surface area (Å²) in [5, 5.41) is 5.78. The van der Waals surface area contributed by atoms with Crippen LogP contribution < -0.4 is 0 Å². The standard InChI is InChI=1S/C19H28N4/c1-2-9-19-17(7-1)15-20-23(19)12-6-5-10-21-13-14-22-11-4-3-8-18(22)16-21/h1-2,7,9,15,18H,3-6,8,10-14,16H2. The van der Waals surface area contributed by atoms with Crippen molar-refractivity contribution >= 4 is 10.9 Å². The van der Waals surface area contributed by atoms with Gasteiger partial charge in [0.05, 0.1) is 11.7 Å². The van der Waals surface area contributed by atoms with Gasteiger partial charge in [0, 0.05) is 37.6 Å². The highest BCUT2D eigenvalue weighted by Crippen LogP contribution is 2.21. The van der Waals surface area contributed by atoms with Crippen LogP contribution in [-0.4, -0.2) is 58.3 Å². The molecule has 23 heavy (non-hydrogen) atoms. The second-order valence-corrected chi connectivity index (χ2v) is 7.12.